The van der Waals surface area contributed by atoms with Crippen LogP contribution in [-0.4, -0.2) is 34.7 Å². The van der Waals surface area contributed by atoms with Crippen LogP contribution in [0.15, 0.2) is 30.3 Å². The first kappa shape index (κ1) is 17.5. The molecule has 0 radical (unpaired) electrons. The summed E-state index contributed by atoms with van der Waals surface area (Å²) in [5, 5.41) is 10.3. The van der Waals surface area contributed by atoms with Crippen molar-refractivity contribution < 1.29 is 9.59 Å². The molecule has 2 aromatic rings. The van der Waals surface area contributed by atoms with E-state index in [0.717, 1.165) is 18.4 Å². The molecule has 0 bridgehead atoms. The predicted molar refractivity (Wildman–Crippen MR) is 95.6 cm³/mol. The van der Waals surface area contributed by atoms with Crippen LogP contribution >= 0.6 is 11.6 Å². The Kier molecular flexibility index (Phi) is 5.38. The molecule has 1 aromatic carbocycles. The van der Waals surface area contributed by atoms with Gasteiger partial charge in [-0.05, 0) is 25.3 Å². The Bertz CT molecular complexity index is 769. The van der Waals surface area contributed by atoms with Crippen LogP contribution < -0.4 is 10.6 Å². The number of carbonyl (C=O) groups is 2. The fourth-order valence-corrected chi connectivity index (χ4v) is 2.93. The van der Waals surface area contributed by atoms with Crippen molar-refractivity contribution in [2.45, 2.75) is 26.3 Å². The zero-order valence-electron chi connectivity index (χ0n) is 14.1. The van der Waals surface area contributed by atoms with Gasteiger partial charge < -0.3 is 10.6 Å². The van der Waals surface area contributed by atoms with Crippen molar-refractivity contribution in [3.05, 3.63) is 52.3 Å². The highest BCUT2D eigenvalue weighted by atomic mass is 35.5. The molecule has 7 heteroatoms. The van der Waals surface area contributed by atoms with Crippen molar-refractivity contribution in [3.63, 3.8) is 0 Å². The molecule has 2 N–H and O–H groups in total. The molecular weight excluding hydrogens is 340 g/mol. The van der Waals surface area contributed by atoms with Gasteiger partial charge in [0.1, 0.15) is 5.15 Å². The summed E-state index contributed by atoms with van der Waals surface area (Å²) in [4.78, 5) is 23.9. The average Bonchev–Trinajstić information content (AvgIpc) is 3.40. The molecule has 0 unspecified atom stereocenters. The summed E-state index contributed by atoms with van der Waals surface area (Å²) in [6.45, 7) is 3.04. The lowest BCUT2D eigenvalue weighted by molar-refractivity contribution is -0.122. The van der Waals surface area contributed by atoms with Crippen molar-refractivity contribution in [2.24, 2.45) is 5.92 Å². The number of aryl methyl sites for hydroxylation is 1. The van der Waals surface area contributed by atoms with Crippen LogP contribution in [-0.2, 0) is 11.3 Å². The second kappa shape index (κ2) is 7.70. The van der Waals surface area contributed by atoms with Crippen LogP contribution in [0.4, 0.5) is 0 Å². The van der Waals surface area contributed by atoms with Gasteiger partial charge in [0.2, 0.25) is 5.91 Å². The molecule has 3 rings (SSSR count). The summed E-state index contributed by atoms with van der Waals surface area (Å²) in [6, 6.07) is 9.80. The lowest BCUT2D eigenvalue weighted by Crippen LogP contribution is -2.35. The van der Waals surface area contributed by atoms with E-state index in [1.807, 2.05) is 30.3 Å². The van der Waals surface area contributed by atoms with Crippen molar-refractivity contribution in [2.75, 3.05) is 13.1 Å². The molecule has 1 aliphatic carbocycles. The number of nitrogens with one attached hydrogen (secondary N) is 2. The fourth-order valence-electron chi connectivity index (χ4n) is 2.61. The van der Waals surface area contributed by atoms with E-state index in [1.54, 1.807) is 11.6 Å². The number of halogens is 1. The van der Waals surface area contributed by atoms with Crippen LogP contribution in [0, 0.1) is 12.8 Å². The van der Waals surface area contributed by atoms with Gasteiger partial charge in [0, 0.05) is 19.0 Å². The number of benzene rings is 1. The van der Waals surface area contributed by atoms with Crippen LogP contribution in [0.1, 0.15) is 34.5 Å². The maximum Gasteiger partial charge on any atom is 0.256 e. The minimum Gasteiger partial charge on any atom is -0.354 e. The molecule has 132 valence electrons. The smallest absolute Gasteiger partial charge is 0.256 e. The maximum atomic E-state index is 12.4. The lowest BCUT2D eigenvalue weighted by atomic mass is 10.2. The van der Waals surface area contributed by atoms with Gasteiger partial charge in [-0.25, -0.2) is 4.68 Å². The quantitative estimate of drug-likeness (QED) is 0.743. The van der Waals surface area contributed by atoms with E-state index in [9.17, 15) is 9.59 Å². The number of rotatable bonds is 7. The first-order valence-corrected chi connectivity index (χ1v) is 8.77. The zero-order chi connectivity index (χ0) is 17.8. The van der Waals surface area contributed by atoms with Crippen molar-refractivity contribution >= 4 is 23.4 Å². The van der Waals surface area contributed by atoms with Gasteiger partial charge in [0.15, 0.2) is 0 Å². The summed E-state index contributed by atoms with van der Waals surface area (Å²) in [5.41, 5.74) is 2.02. The number of carbonyl (C=O) groups excluding carboxylic acids is 2. The molecule has 1 fully saturated rings. The highest BCUT2D eigenvalue weighted by Crippen LogP contribution is 2.28. The van der Waals surface area contributed by atoms with Gasteiger partial charge in [0.05, 0.1) is 17.8 Å². The maximum absolute atomic E-state index is 12.4. The third-order valence-electron chi connectivity index (χ3n) is 4.13. The van der Waals surface area contributed by atoms with E-state index in [-0.39, 0.29) is 17.7 Å². The minimum atomic E-state index is -0.275. The average molecular weight is 361 g/mol. The molecule has 1 heterocycles. The minimum absolute atomic E-state index is 0.0687. The molecular formula is C18H21ClN4O2. The molecule has 0 atom stereocenters. The van der Waals surface area contributed by atoms with Gasteiger partial charge in [-0.1, -0.05) is 41.9 Å². The highest BCUT2D eigenvalue weighted by Gasteiger charge is 2.29. The van der Waals surface area contributed by atoms with E-state index in [2.05, 4.69) is 15.7 Å². The van der Waals surface area contributed by atoms with Crippen LogP contribution in [0.5, 0.6) is 0 Å². The Labute approximate surface area is 151 Å². The number of hydrogen-bond donors (Lipinski definition) is 2. The topological polar surface area (TPSA) is 76.0 Å². The van der Waals surface area contributed by atoms with E-state index >= 15 is 0 Å². The normalized spacial score (nSPS) is 13.5. The van der Waals surface area contributed by atoms with Crippen molar-refractivity contribution in [1.29, 1.82) is 0 Å². The van der Waals surface area contributed by atoms with Crippen LogP contribution in [0.25, 0.3) is 0 Å². The number of nitrogens with zero attached hydrogens (tertiary/aromatic N) is 2. The van der Waals surface area contributed by atoms with E-state index < -0.39 is 0 Å². The van der Waals surface area contributed by atoms with E-state index in [1.165, 1.54) is 0 Å². The summed E-state index contributed by atoms with van der Waals surface area (Å²) in [5.74, 6) is -0.0368. The largest absolute Gasteiger partial charge is 0.354 e. The molecule has 0 saturated heterocycles. The summed E-state index contributed by atoms with van der Waals surface area (Å²) >= 11 is 6.36. The monoisotopic (exact) mass is 360 g/mol. The molecule has 1 aliphatic rings. The Morgan fingerprint density at radius 3 is 2.56 bits per heavy atom. The third-order valence-corrected chi connectivity index (χ3v) is 4.51. The predicted octanol–water partition coefficient (Wildman–Crippen LogP) is 2.15. The van der Waals surface area contributed by atoms with Gasteiger partial charge in [-0.15, -0.1) is 0 Å². The molecule has 1 aromatic heterocycles. The lowest BCUT2D eigenvalue weighted by Gasteiger charge is -2.07. The number of aromatic nitrogens is 2. The summed E-state index contributed by atoms with van der Waals surface area (Å²) in [6.07, 6.45) is 1.93. The molecule has 0 spiro atoms. The third kappa shape index (κ3) is 4.39. The van der Waals surface area contributed by atoms with E-state index in [0.29, 0.717) is 36.0 Å². The van der Waals surface area contributed by atoms with Crippen molar-refractivity contribution in [3.8, 4) is 0 Å². The Balaban J connectivity index is 1.57. The number of amides is 2. The van der Waals surface area contributed by atoms with Gasteiger partial charge >= 0.3 is 0 Å². The Morgan fingerprint density at radius 2 is 1.88 bits per heavy atom. The summed E-state index contributed by atoms with van der Waals surface area (Å²) < 4.78 is 1.62. The van der Waals surface area contributed by atoms with E-state index in [4.69, 9.17) is 11.6 Å². The van der Waals surface area contributed by atoms with Gasteiger partial charge in [-0.3, -0.25) is 9.59 Å². The van der Waals surface area contributed by atoms with Crippen molar-refractivity contribution in [1.82, 2.24) is 20.4 Å². The van der Waals surface area contributed by atoms with Crippen LogP contribution in [0.2, 0.25) is 5.15 Å². The molecule has 2 amide bonds. The SMILES string of the molecule is Cc1nn(Cc2ccccc2)c(Cl)c1C(=O)NCCNC(=O)C1CC1. The van der Waals surface area contributed by atoms with Crippen LogP contribution in [0.3, 0.4) is 0 Å². The molecule has 0 aliphatic heterocycles. The summed E-state index contributed by atoms with van der Waals surface area (Å²) in [7, 11) is 0. The fraction of sp³-hybridized carbons (Fsp3) is 0.389. The van der Waals surface area contributed by atoms with Gasteiger partial charge in [0.25, 0.3) is 5.91 Å². The first-order chi connectivity index (χ1) is 12.1. The molecule has 6 nitrogen and oxygen atoms in total. The highest BCUT2D eigenvalue weighted by molar-refractivity contribution is 6.33. The molecule has 25 heavy (non-hydrogen) atoms. The van der Waals surface area contributed by atoms with Gasteiger partial charge in [-0.2, -0.15) is 5.10 Å². The second-order valence-electron chi connectivity index (χ2n) is 6.22. The number of hydrogen-bond acceptors (Lipinski definition) is 3. The first-order valence-electron chi connectivity index (χ1n) is 8.39. The zero-order valence-corrected chi connectivity index (χ0v) is 14.8. The molecule has 1 saturated carbocycles. The second-order valence-corrected chi connectivity index (χ2v) is 6.57. The Morgan fingerprint density at radius 1 is 1.20 bits per heavy atom. The Hall–Kier alpha value is -2.34. The standard InChI is InChI=1S/C18H21ClN4O2/c1-12-15(18(25)21-10-9-20-17(24)14-7-8-14)16(19)23(22-12)11-13-5-3-2-4-6-13/h2-6,14H,7-11H2,1H3,(H,20,24)(H,21,25).